The molecule has 108 valence electrons. The Morgan fingerprint density at radius 3 is 2.95 bits per heavy atom. The van der Waals surface area contributed by atoms with Gasteiger partial charge in [0.05, 0.1) is 5.39 Å². The van der Waals surface area contributed by atoms with Crippen molar-refractivity contribution in [2.45, 2.75) is 32.2 Å². The summed E-state index contributed by atoms with van der Waals surface area (Å²) in [6, 6.07) is 2.55. The zero-order chi connectivity index (χ0) is 13.9. The fraction of sp³-hybridized carbons (Fsp3) is 0.571. The second kappa shape index (κ2) is 5.93. The van der Waals surface area contributed by atoms with E-state index in [4.69, 9.17) is 5.73 Å². The molecule has 0 aliphatic carbocycles. The summed E-state index contributed by atoms with van der Waals surface area (Å²) in [5.41, 5.74) is 5.79. The van der Waals surface area contributed by atoms with Gasteiger partial charge in [-0.25, -0.2) is 4.98 Å². The van der Waals surface area contributed by atoms with Crippen molar-refractivity contribution in [2.24, 2.45) is 0 Å². The van der Waals surface area contributed by atoms with Crippen LogP contribution < -0.4 is 11.1 Å². The third-order valence-corrected chi connectivity index (χ3v) is 4.62. The molecular formula is C14H21N5S. The fourth-order valence-electron chi connectivity index (χ4n) is 2.79. The Morgan fingerprint density at radius 2 is 2.20 bits per heavy atom. The van der Waals surface area contributed by atoms with Gasteiger partial charge < -0.3 is 16.0 Å². The van der Waals surface area contributed by atoms with Crippen LogP contribution in [0.1, 0.15) is 26.2 Å². The molecule has 0 saturated carbocycles. The van der Waals surface area contributed by atoms with Crippen molar-refractivity contribution in [3.63, 3.8) is 0 Å². The number of piperidine rings is 1. The van der Waals surface area contributed by atoms with Crippen molar-refractivity contribution >= 4 is 33.3 Å². The van der Waals surface area contributed by atoms with Crippen molar-refractivity contribution in [1.29, 1.82) is 0 Å². The molecule has 2 aromatic rings. The number of nitrogen functional groups attached to an aromatic ring is 1. The van der Waals surface area contributed by atoms with E-state index >= 15 is 0 Å². The fourth-order valence-corrected chi connectivity index (χ4v) is 3.56. The first-order valence-electron chi connectivity index (χ1n) is 7.26. The Balaban J connectivity index is 1.69. The van der Waals surface area contributed by atoms with Gasteiger partial charge >= 0.3 is 0 Å². The van der Waals surface area contributed by atoms with Gasteiger partial charge in [-0.05, 0) is 37.3 Å². The average molecular weight is 291 g/mol. The lowest BCUT2D eigenvalue weighted by molar-refractivity contribution is 0.219. The zero-order valence-corrected chi connectivity index (χ0v) is 12.6. The minimum absolute atomic E-state index is 0.353. The summed E-state index contributed by atoms with van der Waals surface area (Å²) in [4.78, 5) is 12.1. The smallest absolute Gasteiger partial charge is 0.223 e. The highest BCUT2D eigenvalue weighted by atomic mass is 32.1. The van der Waals surface area contributed by atoms with Gasteiger partial charge in [-0.15, -0.1) is 11.3 Å². The largest absolute Gasteiger partial charge is 0.368 e. The maximum atomic E-state index is 5.79. The van der Waals surface area contributed by atoms with Crippen LogP contribution >= 0.6 is 11.3 Å². The number of rotatable bonds is 4. The van der Waals surface area contributed by atoms with Crippen LogP contribution in [-0.2, 0) is 0 Å². The molecule has 1 saturated heterocycles. The van der Waals surface area contributed by atoms with Gasteiger partial charge in [-0.1, -0.05) is 6.92 Å². The van der Waals surface area contributed by atoms with E-state index in [1.807, 2.05) is 5.38 Å². The number of likely N-dealkylation sites (tertiary alicyclic amines) is 1. The van der Waals surface area contributed by atoms with Crippen LogP contribution in [0.4, 0.5) is 11.8 Å². The molecule has 0 aromatic carbocycles. The SMILES string of the molecule is CCCN1CCC(Nc2nc(N)nc3sccc23)CC1. The molecule has 0 spiro atoms. The maximum absolute atomic E-state index is 5.79. The minimum atomic E-state index is 0.353. The zero-order valence-electron chi connectivity index (χ0n) is 11.8. The number of hydrogen-bond acceptors (Lipinski definition) is 6. The molecule has 0 radical (unpaired) electrons. The number of thiophene rings is 1. The van der Waals surface area contributed by atoms with Gasteiger partial charge in [0.15, 0.2) is 0 Å². The summed E-state index contributed by atoms with van der Waals surface area (Å²) in [6.45, 7) is 5.78. The highest BCUT2D eigenvalue weighted by molar-refractivity contribution is 7.16. The number of nitrogens with zero attached hydrogens (tertiary/aromatic N) is 3. The molecule has 3 heterocycles. The summed E-state index contributed by atoms with van der Waals surface area (Å²) in [5, 5.41) is 6.68. The van der Waals surface area contributed by atoms with Gasteiger partial charge in [-0.2, -0.15) is 4.98 Å². The lowest BCUT2D eigenvalue weighted by atomic mass is 10.0. The topological polar surface area (TPSA) is 67.1 Å². The highest BCUT2D eigenvalue weighted by Gasteiger charge is 2.19. The number of nitrogens with one attached hydrogen (secondary N) is 1. The monoisotopic (exact) mass is 291 g/mol. The van der Waals surface area contributed by atoms with E-state index in [0.29, 0.717) is 12.0 Å². The van der Waals surface area contributed by atoms with Crippen LogP contribution in [0.2, 0.25) is 0 Å². The molecule has 5 nitrogen and oxygen atoms in total. The van der Waals surface area contributed by atoms with Gasteiger partial charge in [0.1, 0.15) is 10.6 Å². The van der Waals surface area contributed by atoms with E-state index in [2.05, 4.69) is 33.2 Å². The Kier molecular flexibility index (Phi) is 4.03. The van der Waals surface area contributed by atoms with Crippen molar-refractivity contribution in [3.05, 3.63) is 11.4 Å². The van der Waals surface area contributed by atoms with Crippen LogP contribution in [0.25, 0.3) is 10.2 Å². The standard InChI is InChI=1S/C14H21N5S/c1-2-6-19-7-3-10(4-8-19)16-12-11-5-9-20-13(11)18-14(15)17-12/h5,9-10H,2-4,6-8H2,1H3,(H3,15,16,17,18). The Bertz CT molecular complexity index is 574. The summed E-state index contributed by atoms with van der Waals surface area (Å²) >= 11 is 1.61. The molecular weight excluding hydrogens is 270 g/mol. The first-order chi connectivity index (χ1) is 9.76. The van der Waals surface area contributed by atoms with E-state index in [1.54, 1.807) is 11.3 Å². The molecule has 1 fully saturated rings. The van der Waals surface area contributed by atoms with Crippen LogP contribution in [0.3, 0.4) is 0 Å². The quantitative estimate of drug-likeness (QED) is 0.906. The molecule has 2 aromatic heterocycles. The Labute approximate surface area is 123 Å². The number of hydrogen-bond donors (Lipinski definition) is 2. The molecule has 1 aliphatic rings. The van der Waals surface area contributed by atoms with Crippen LogP contribution in [0, 0.1) is 0 Å². The maximum Gasteiger partial charge on any atom is 0.223 e. The minimum Gasteiger partial charge on any atom is -0.368 e. The second-order valence-corrected chi connectivity index (χ2v) is 6.22. The molecule has 0 bridgehead atoms. The molecule has 3 N–H and O–H groups in total. The molecule has 3 rings (SSSR count). The van der Waals surface area contributed by atoms with Crippen molar-refractivity contribution < 1.29 is 0 Å². The molecule has 0 unspecified atom stereocenters. The van der Waals surface area contributed by atoms with E-state index < -0.39 is 0 Å². The normalized spacial score (nSPS) is 17.6. The molecule has 6 heteroatoms. The number of aromatic nitrogens is 2. The first-order valence-corrected chi connectivity index (χ1v) is 8.14. The Morgan fingerprint density at radius 1 is 1.40 bits per heavy atom. The molecule has 0 atom stereocenters. The summed E-state index contributed by atoms with van der Waals surface area (Å²) < 4.78 is 0. The molecule has 1 aliphatic heterocycles. The van der Waals surface area contributed by atoms with E-state index in [9.17, 15) is 0 Å². The predicted octanol–water partition coefficient (Wildman–Crippen LogP) is 2.56. The highest BCUT2D eigenvalue weighted by Crippen LogP contribution is 2.27. The number of nitrogens with two attached hydrogens (primary N) is 1. The van der Waals surface area contributed by atoms with Gasteiger partial charge in [0.25, 0.3) is 0 Å². The van der Waals surface area contributed by atoms with Crippen molar-refractivity contribution in [3.8, 4) is 0 Å². The van der Waals surface area contributed by atoms with E-state index in [1.165, 1.54) is 26.1 Å². The number of anilines is 2. The van der Waals surface area contributed by atoms with Crippen molar-refractivity contribution in [1.82, 2.24) is 14.9 Å². The van der Waals surface area contributed by atoms with E-state index in [0.717, 1.165) is 28.9 Å². The summed E-state index contributed by atoms with van der Waals surface area (Å²) in [6.07, 6.45) is 3.56. The van der Waals surface area contributed by atoms with Crippen LogP contribution in [-0.4, -0.2) is 40.5 Å². The average Bonchev–Trinajstić information content (AvgIpc) is 2.89. The molecule has 20 heavy (non-hydrogen) atoms. The lowest BCUT2D eigenvalue weighted by Crippen LogP contribution is -2.39. The van der Waals surface area contributed by atoms with Gasteiger partial charge in [0.2, 0.25) is 5.95 Å². The lowest BCUT2D eigenvalue weighted by Gasteiger charge is -2.32. The number of fused-ring (bicyclic) bond motifs is 1. The third kappa shape index (κ3) is 2.86. The van der Waals surface area contributed by atoms with Crippen LogP contribution in [0.5, 0.6) is 0 Å². The summed E-state index contributed by atoms with van der Waals surface area (Å²) in [5.74, 6) is 1.24. The van der Waals surface area contributed by atoms with Gasteiger partial charge in [-0.3, -0.25) is 0 Å². The third-order valence-electron chi connectivity index (χ3n) is 3.81. The van der Waals surface area contributed by atoms with Crippen molar-refractivity contribution in [2.75, 3.05) is 30.7 Å². The molecule has 0 amide bonds. The van der Waals surface area contributed by atoms with Gasteiger partial charge in [0, 0.05) is 19.1 Å². The first kappa shape index (κ1) is 13.6. The van der Waals surface area contributed by atoms with Crippen LogP contribution in [0.15, 0.2) is 11.4 Å². The predicted molar refractivity (Wildman–Crippen MR) is 85.2 cm³/mol. The van der Waals surface area contributed by atoms with E-state index in [-0.39, 0.29) is 0 Å². The summed E-state index contributed by atoms with van der Waals surface area (Å²) in [7, 11) is 0. The second-order valence-electron chi connectivity index (χ2n) is 5.33. The Hall–Kier alpha value is -1.40.